The number of hydrogen-bond acceptors (Lipinski definition) is 4. The number of fused-ring (bicyclic) bond motifs is 1. The van der Waals surface area contributed by atoms with E-state index in [4.69, 9.17) is 10.6 Å². The highest BCUT2D eigenvalue weighted by atomic mass is 16.5. The van der Waals surface area contributed by atoms with E-state index in [2.05, 4.69) is 28.6 Å². The lowest BCUT2D eigenvalue weighted by atomic mass is 9.87. The van der Waals surface area contributed by atoms with Crippen LogP contribution >= 0.6 is 0 Å². The van der Waals surface area contributed by atoms with Crippen LogP contribution in [0.25, 0.3) is 10.8 Å². The maximum atomic E-state index is 5.80. The van der Waals surface area contributed by atoms with Crippen molar-refractivity contribution in [3.8, 4) is 0 Å². The third kappa shape index (κ3) is 2.47. The molecular weight excluding hydrogens is 238 g/mol. The van der Waals surface area contributed by atoms with E-state index < -0.39 is 0 Å². The average Bonchev–Trinajstić information content (AvgIpc) is 2.49. The first-order chi connectivity index (χ1) is 9.40. The fourth-order valence-electron chi connectivity index (χ4n) is 2.92. The monoisotopic (exact) mass is 257 g/mol. The predicted molar refractivity (Wildman–Crippen MR) is 75.4 cm³/mol. The van der Waals surface area contributed by atoms with Crippen LogP contribution in [0.1, 0.15) is 24.4 Å². The highest BCUT2D eigenvalue weighted by molar-refractivity contribution is 5.85. The van der Waals surface area contributed by atoms with Gasteiger partial charge in [-0.05, 0) is 29.9 Å². The molecule has 1 aromatic heterocycles. The van der Waals surface area contributed by atoms with Gasteiger partial charge in [0.25, 0.3) is 0 Å². The summed E-state index contributed by atoms with van der Waals surface area (Å²) < 4.78 is 5.59. The van der Waals surface area contributed by atoms with Crippen LogP contribution in [0.3, 0.4) is 0 Å². The molecule has 1 saturated heterocycles. The van der Waals surface area contributed by atoms with Crippen LogP contribution in [0.5, 0.6) is 0 Å². The van der Waals surface area contributed by atoms with Gasteiger partial charge in [0.1, 0.15) is 0 Å². The van der Waals surface area contributed by atoms with Crippen molar-refractivity contribution in [1.82, 2.24) is 10.4 Å². The van der Waals surface area contributed by atoms with E-state index in [1.807, 2.05) is 18.5 Å². The summed E-state index contributed by atoms with van der Waals surface area (Å²) >= 11 is 0. The van der Waals surface area contributed by atoms with Crippen LogP contribution in [-0.4, -0.2) is 18.2 Å². The third-order valence-corrected chi connectivity index (χ3v) is 3.90. The van der Waals surface area contributed by atoms with E-state index in [9.17, 15) is 0 Å². The molecule has 0 aliphatic carbocycles. The topological polar surface area (TPSA) is 60.2 Å². The first kappa shape index (κ1) is 12.5. The lowest BCUT2D eigenvalue weighted by molar-refractivity contribution is 0.0392. The Morgan fingerprint density at radius 1 is 1.37 bits per heavy atom. The number of pyridine rings is 1. The molecule has 2 atom stereocenters. The summed E-state index contributed by atoms with van der Waals surface area (Å²) in [6, 6.07) is 8.46. The van der Waals surface area contributed by atoms with E-state index >= 15 is 0 Å². The number of nitrogens with zero attached hydrogens (tertiary/aromatic N) is 1. The molecule has 0 bridgehead atoms. The lowest BCUT2D eigenvalue weighted by Gasteiger charge is -2.30. The van der Waals surface area contributed by atoms with Crippen molar-refractivity contribution in [2.24, 2.45) is 11.8 Å². The van der Waals surface area contributed by atoms with Gasteiger partial charge in [-0.2, -0.15) is 0 Å². The molecule has 0 spiro atoms. The predicted octanol–water partition coefficient (Wildman–Crippen LogP) is 2.17. The summed E-state index contributed by atoms with van der Waals surface area (Å²) in [6.45, 7) is 1.64. The van der Waals surface area contributed by atoms with Gasteiger partial charge in [-0.25, -0.2) is 0 Å². The minimum absolute atomic E-state index is 0.119. The summed E-state index contributed by atoms with van der Waals surface area (Å²) in [5.41, 5.74) is 4.18. The number of hydrazine groups is 1. The van der Waals surface area contributed by atoms with Gasteiger partial charge in [0.05, 0.1) is 12.6 Å². The van der Waals surface area contributed by atoms with Crippen LogP contribution in [0.4, 0.5) is 0 Å². The molecule has 1 aromatic carbocycles. The van der Waals surface area contributed by atoms with Gasteiger partial charge in [-0.3, -0.25) is 16.3 Å². The Morgan fingerprint density at radius 2 is 2.32 bits per heavy atom. The molecule has 100 valence electrons. The zero-order chi connectivity index (χ0) is 13.1. The molecule has 3 rings (SSSR count). The van der Waals surface area contributed by atoms with E-state index in [-0.39, 0.29) is 6.04 Å². The summed E-state index contributed by atoms with van der Waals surface area (Å²) in [4.78, 5) is 4.24. The number of nitrogens with two attached hydrogens (primary N) is 1. The van der Waals surface area contributed by atoms with E-state index in [1.54, 1.807) is 0 Å². The maximum absolute atomic E-state index is 5.80. The second-order valence-electron chi connectivity index (χ2n) is 5.07. The van der Waals surface area contributed by atoms with Gasteiger partial charge in [-0.1, -0.05) is 18.2 Å². The van der Waals surface area contributed by atoms with Gasteiger partial charge in [0.2, 0.25) is 0 Å². The van der Waals surface area contributed by atoms with Gasteiger partial charge in [-0.15, -0.1) is 0 Å². The lowest BCUT2D eigenvalue weighted by Crippen LogP contribution is -2.37. The summed E-state index contributed by atoms with van der Waals surface area (Å²) in [5, 5.41) is 2.36. The zero-order valence-corrected chi connectivity index (χ0v) is 10.9. The van der Waals surface area contributed by atoms with Crippen LogP contribution in [0.15, 0.2) is 36.7 Å². The quantitative estimate of drug-likeness (QED) is 0.653. The largest absolute Gasteiger partial charge is 0.381 e. The standard InChI is InChI=1S/C15H19N3O/c16-18-15(12-4-2-8-19-10-12)13-5-1-3-11-6-7-17-9-14(11)13/h1,3,5-7,9,12,15,18H,2,4,8,10,16H2. The number of ether oxygens (including phenoxy) is 1. The Labute approximate surface area is 112 Å². The second-order valence-corrected chi connectivity index (χ2v) is 5.07. The van der Waals surface area contributed by atoms with Crippen LogP contribution in [0.2, 0.25) is 0 Å². The highest BCUT2D eigenvalue weighted by Gasteiger charge is 2.25. The molecule has 4 heteroatoms. The summed E-state index contributed by atoms with van der Waals surface area (Å²) in [5.74, 6) is 6.22. The van der Waals surface area contributed by atoms with Crippen molar-refractivity contribution in [3.63, 3.8) is 0 Å². The number of aromatic nitrogens is 1. The van der Waals surface area contributed by atoms with Crippen LogP contribution in [-0.2, 0) is 4.74 Å². The number of rotatable bonds is 3. The fraction of sp³-hybridized carbons (Fsp3) is 0.400. The van der Waals surface area contributed by atoms with Crippen molar-refractivity contribution in [2.75, 3.05) is 13.2 Å². The molecule has 1 fully saturated rings. The van der Waals surface area contributed by atoms with Gasteiger partial charge in [0.15, 0.2) is 0 Å². The Bertz CT molecular complexity index is 547. The first-order valence-corrected chi connectivity index (χ1v) is 6.76. The molecule has 2 heterocycles. The van der Waals surface area contributed by atoms with Crippen molar-refractivity contribution >= 4 is 10.8 Å². The van der Waals surface area contributed by atoms with E-state index in [1.165, 1.54) is 16.3 Å². The fourth-order valence-corrected chi connectivity index (χ4v) is 2.92. The minimum atomic E-state index is 0.119. The van der Waals surface area contributed by atoms with Gasteiger partial charge >= 0.3 is 0 Å². The molecule has 4 nitrogen and oxygen atoms in total. The summed E-state index contributed by atoms with van der Waals surface area (Å²) in [6.07, 6.45) is 5.98. The maximum Gasteiger partial charge on any atom is 0.0516 e. The second kappa shape index (κ2) is 5.65. The highest BCUT2D eigenvalue weighted by Crippen LogP contribution is 2.32. The number of benzene rings is 1. The molecule has 1 aliphatic heterocycles. The smallest absolute Gasteiger partial charge is 0.0516 e. The Morgan fingerprint density at radius 3 is 3.11 bits per heavy atom. The first-order valence-electron chi connectivity index (χ1n) is 6.76. The van der Waals surface area contributed by atoms with Gasteiger partial charge in [0, 0.05) is 30.3 Å². The molecule has 0 saturated carbocycles. The third-order valence-electron chi connectivity index (χ3n) is 3.90. The van der Waals surface area contributed by atoms with E-state index in [0.29, 0.717) is 5.92 Å². The van der Waals surface area contributed by atoms with Gasteiger partial charge < -0.3 is 4.74 Å². The average molecular weight is 257 g/mol. The van der Waals surface area contributed by atoms with Crippen molar-refractivity contribution in [1.29, 1.82) is 0 Å². The Balaban J connectivity index is 2.00. The number of nitrogens with one attached hydrogen (secondary N) is 1. The molecule has 2 unspecified atom stereocenters. The number of hydrogen-bond donors (Lipinski definition) is 2. The molecular formula is C15H19N3O. The molecule has 3 N–H and O–H groups in total. The molecule has 1 aliphatic rings. The molecule has 2 aromatic rings. The molecule has 19 heavy (non-hydrogen) atoms. The van der Waals surface area contributed by atoms with Crippen molar-refractivity contribution < 1.29 is 4.74 Å². The minimum Gasteiger partial charge on any atom is -0.381 e. The normalized spacial score (nSPS) is 21.4. The van der Waals surface area contributed by atoms with Crippen molar-refractivity contribution in [2.45, 2.75) is 18.9 Å². The van der Waals surface area contributed by atoms with Crippen molar-refractivity contribution in [3.05, 3.63) is 42.2 Å². The Hall–Kier alpha value is -1.49. The molecule has 0 radical (unpaired) electrons. The van der Waals surface area contributed by atoms with Crippen LogP contribution in [0, 0.1) is 5.92 Å². The Kier molecular flexibility index (Phi) is 3.73. The van der Waals surface area contributed by atoms with E-state index in [0.717, 1.165) is 26.1 Å². The summed E-state index contributed by atoms with van der Waals surface area (Å²) in [7, 11) is 0. The SMILES string of the molecule is NNC(c1cccc2ccncc12)C1CCCOC1. The van der Waals surface area contributed by atoms with Crippen LogP contribution < -0.4 is 11.3 Å². The molecule has 0 amide bonds. The zero-order valence-electron chi connectivity index (χ0n) is 10.9.